The summed E-state index contributed by atoms with van der Waals surface area (Å²) in [5.41, 5.74) is 5.28. The largest absolute Gasteiger partial charge is 0.387 e. The SMILES string of the molecule is COCCCOCCCC(C)(C)C(=N)N. The molecule has 0 saturated heterocycles. The van der Waals surface area contributed by atoms with E-state index in [-0.39, 0.29) is 11.3 Å². The van der Waals surface area contributed by atoms with Crippen molar-refractivity contribution in [3.8, 4) is 0 Å². The minimum atomic E-state index is -0.199. The van der Waals surface area contributed by atoms with Gasteiger partial charge in [0.25, 0.3) is 0 Å². The van der Waals surface area contributed by atoms with Gasteiger partial charge in [0.15, 0.2) is 0 Å². The molecule has 0 aromatic carbocycles. The lowest BCUT2D eigenvalue weighted by atomic mass is 9.87. The van der Waals surface area contributed by atoms with Crippen molar-refractivity contribution < 1.29 is 9.47 Å². The Hall–Kier alpha value is -0.610. The molecule has 0 aromatic heterocycles. The van der Waals surface area contributed by atoms with E-state index in [2.05, 4.69) is 0 Å². The summed E-state index contributed by atoms with van der Waals surface area (Å²) in [6.07, 6.45) is 2.78. The molecule has 0 unspecified atom stereocenters. The summed E-state index contributed by atoms with van der Waals surface area (Å²) >= 11 is 0. The maximum Gasteiger partial charge on any atom is 0.0963 e. The molecule has 0 saturated carbocycles. The second-order valence-electron chi connectivity index (χ2n) is 4.36. The van der Waals surface area contributed by atoms with Crippen LogP contribution in [-0.4, -0.2) is 32.8 Å². The maximum atomic E-state index is 7.39. The van der Waals surface area contributed by atoms with Gasteiger partial charge in [0.05, 0.1) is 5.84 Å². The Morgan fingerprint density at radius 3 is 2.33 bits per heavy atom. The predicted octanol–water partition coefficient (Wildman–Crippen LogP) is 1.78. The smallest absolute Gasteiger partial charge is 0.0963 e. The van der Waals surface area contributed by atoms with Crippen molar-refractivity contribution in [2.45, 2.75) is 33.1 Å². The van der Waals surface area contributed by atoms with E-state index < -0.39 is 0 Å². The third kappa shape index (κ3) is 7.33. The average molecular weight is 216 g/mol. The molecule has 0 atom stereocenters. The minimum absolute atomic E-state index is 0.199. The van der Waals surface area contributed by atoms with Gasteiger partial charge in [-0.1, -0.05) is 13.8 Å². The molecule has 0 aromatic rings. The lowest BCUT2D eigenvalue weighted by molar-refractivity contribution is 0.0975. The van der Waals surface area contributed by atoms with Crippen LogP contribution in [-0.2, 0) is 9.47 Å². The van der Waals surface area contributed by atoms with Crippen molar-refractivity contribution in [3.05, 3.63) is 0 Å². The molecule has 0 radical (unpaired) electrons. The van der Waals surface area contributed by atoms with Gasteiger partial charge >= 0.3 is 0 Å². The quantitative estimate of drug-likeness (QED) is 0.351. The number of hydrogen-bond donors (Lipinski definition) is 2. The first-order valence-corrected chi connectivity index (χ1v) is 5.42. The predicted molar refractivity (Wildman–Crippen MR) is 62.2 cm³/mol. The van der Waals surface area contributed by atoms with E-state index in [1.807, 2.05) is 13.8 Å². The van der Waals surface area contributed by atoms with Gasteiger partial charge in [0.2, 0.25) is 0 Å². The fourth-order valence-corrected chi connectivity index (χ4v) is 1.16. The number of methoxy groups -OCH3 is 1. The van der Waals surface area contributed by atoms with Crippen LogP contribution in [0.4, 0.5) is 0 Å². The summed E-state index contributed by atoms with van der Waals surface area (Å²) in [4.78, 5) is 0. The van der Waals surface area contributed by atoms with Crippen LogP contribution in [0, 0.1) is 10.8 Å². The van der Waals surface area contributed by atoms with Crippen molar-refractivity contribution in [1.29, 1.82) is 5.41 Å². The van der Waals surface area contributed by atoms with Crippen LogP contribution in [0.1, 0.15) is 33.1 Å². The maximum absolute atomic E-state index is 7.39. The van der Waals surface area contributed by atoms with E-state index in [1.54, 1.807) is 7.11 Å². The van der Waals surface area contributed by atoms with Crippen LogP contribution in [0.25, 0.3) is 0 Å². The molecule has 0 spiro atoms. The molecule has 0 aliphatic carbocycles. The summed E-state index contributed by atoms with van der Waals surface area (Å²) in [5, 5.41) is 7.39. The molecule has 4 heteroatoms. The van der Waals surface area contributed by atoms with Gasteiger partial charge < -0.3 is 15.2 Å². The third-order valence-corrected chi connectivity index (χ3v) is 2.46. The Bertz CT molecular complexity index is 181. The first-order chi connectivity index (χ1) is 7.00. The fourth-order valence-electron chi connectivity index (χ4n) is 1.16. The highest BCUT2D eigenvalue weighted by atomic mass is 16.5. The standard InChI is InChI=1S/C11H24N2O2/c1-11(2,10(12)13)6-4-8-15-9-5-7-14-3/h4-9H2,1-3H3,(H3,12,13). The molecular formula is C11H24N2O2. The van der Waals surface area contributed by atoms with Crippen molar-refractivity contribution in [1.82, 2.24) is 0 Å². The molecule has 90 valence electrons. The number of amidine groups is 1. The fraction of sp³-hybridized carbons (Fsp3) is 0.909. The van der Waals surface area contributed by atoms with Gasteiger partial charge in [-0.3, -0.25) is 5.41 Å². The van der Waals surface area contributed by atoms with Crippen LogP contribution < -0.4 is 5.73 Å². The molecule has 3 N–H and O–H groups in total. The second-order valence-corrected chi connectivity index (χ2v) is 4.36. The topological polar surface area (TPSA) is 68.3 Å². The molecule has 0 bridgehead atoms. The van der Waals surface area contributed by atoms with E-state index in [0.29, 0.717) is 0 Å². The normalized spacial score (nSPS) is 11.7. The molecule has 15 heavy (non-hydrogen) atoms. The van der Waals surface area contributed by atoms with Crippen molar-refractivity contribution >= 4 is 5.84 Å². The van der Waals surface area contributed by atoms with Crippen molar-refractivity contribution in [2.24, 2.45) is 11.1 Å². The number of ether oxygens (including phenoxy) is 2. The van der Waals surface area contributed by atoms with Crippen molar-refractivity contribution in [3.63, 3.8) is 0 Å². The lowest BCUT2D eigenvalue weighted by Gasteiger charge is -2.22. The molecule has 0 aliphatic rings. The Morgan fingerprint density at radius 1 is 1.20 bits per heavy atom. The highest BCUT2D eigenvalue weighted by Gasteiger charge is 2.20. The third-order valence-electron chi connectivity index (χ3n) is 2.46. The van der Waals surface area contributed by atoms with Crippen LogP contribution in [0.3, 0.4) is 0 Å². The summed E-state index contributed by atoms with van der Waals surface area (Å²) in [5.74, 6) is 0.252. The molecule has 0 fully saturated rings. The summed E-state index contributed by atoms with van der Waals surface area (Å²) in [7, 11) is 1.69. The Balaban J connectivity index is 3.35. The summed E-state index contributed by atoms with van der Waals surface area (Å²) in [6.45, 7) is 6.20. The minimum Gasteiger partial charge on any atom is -0.387 e. The lowest BCUT2D eigenvalue weighted by Crippen LogP contribution is -2.31. The summed E-state index contributed by atoms with van der Waals surface area (Å²) < 4.78 is 10.3. The molecule has 0 amide bonds. The zero-order valence-corrected chi connectivity index (χ0v) is 10.1. The van der Waals surface area contributed by atoms with Crippen LogP contribution >= 0.6 is 0 Å². The average Bonchev–Trinajstić information content (AvgIpc) is 2.16. The molecule has 0 rings (SSSR count). The highest BCUT2D eigenvalue weighted by molar-refractivity contribution is 5.82. The van der Waals surface area contributed by atoms with Crippen molar-refractivity contribution in [2.75, 3.05) is 26.9 Å². The zero-order chi connectivity index (χ0) is 11.7. The van der Waals surface area contributed by atoms with Gasteiger partial charge in [-0.05, 0) is 19.3 Å². The summed E-state index contributed by atoms with van der Waals surface area (Å²) in [6, 6.07) is 0. The monoisotopic (exact) mass is 216 g/mol. The van der Waals surface area contributed by atoms with E-state index in [0.717, 1.165) is 39.1 Å². The number of rotatable bonds is 9. The van der Waals surface area contributed by atoms with Gasteiger partial charge in [0, 0.05) is 32.3 Å². The van der Waals surface area contributed by atoms with Gasteiger partial charge in [-0.25, -0.2) is 0 Å². The molecule has 0 heterocycles. The van der Waals surface area contributed by atoms with E-state index in [4.69, 9.17) is 20.6 Å². The first kappa shape index (κ1) is 14.4. The van der Waals surface area contributed by atoms with E-state index in [1.165, 1.54) is 0 Å². The zero-order valence-electron chi connectivity index (χ0n) is 10.1. The Morgan fingerprint density at radius 2 is 1.80 bits per heavy atom. The van der Waals surface area contributed by atoms with Crippen LogP contribution in [0.5, 0.6) is 0 Å². The molecular weight excluding hydrogens is 192 g/mol. The number of hydrogen-bond acceptors (Lipinski definition) is 3. The van der Waals surface area contributed by atoms with Gasteiger partial charge in [0.1, 0.15) is 0 Å². The Kier molecular flexibility index (Phi) is 7.34. The Labute approximate surface area is 92.6 Å². The van der Waals surface area contributed by atoms with Crippen LogP contribution in [0.15, 0.2) is 0 Å². The molecule has 0 aliphatic heterocycles. The number of nitrogens with two attached hydrogens (primary N) is 1. The van der Waals surface area contributed by atoms with Gasteiger partial charge in [-0.2, -0.15) is 0 Å². The van der Waals surface area contributed by atoms with Crippen LogP contribution in [0.2, 0.25) is 0 Å². The van der Waals surface area contributed by atoms with E-state index >= 15 is 0 Å². The number of nitrogens with one attached hydrogen (secondary N) is 1. The second kappa shape index (κ2) is 7.65. The molecule has 4 nitrogen and oxygen atoms in total. The van der Waals surface area contributed by atoms with E-state index in [9.17, 15) is 0 Å². The highest BCUT2D eigenvalue weighted by Crippen LogP contribution is 2.21. The first-order valence-electron chi connectivity index (χ1n) is 5.42. The van der Waals surface area contributed by atoms with Gasteiger partial charge in [-0.15, -0.1) is 0 Å².